The predicted octanol–water partition coefficient (Wildman–Crippen LogP) is 1.90. The molecule has 0 radical (unpaired) electrons. The van der Waals surface area contributed by atoms with Crippen LogP contribution in [0.3, 0.4) is 0 Å². The summed E-state index contributed by atoms with van der Waals surface area (Å²) in [5, 5.41) is 9.57. The van der Waals surface area contributed by atoms with Crippen molar-refractivity contribution in [2.24, 2.45) is 0 Å². The van der Waals surface area contributed by atoms with Crippen LogP contribution in [-0.2, 0) is 0 Å². The van der Waals surface area contributed by atoms with E-state index in [2.05, 4.69) is 13.8 Å². The third kappa shape index (κ3) is 6.19. The van der Waals surface area contributed by atoms with Gasteiger partial charge < -0.3 is 5.11 Å². The van der Waals surface area contributed by atoms with Crippen molar-refractivity contribution >= 4 is 11.8 Å². The zero-order valence-corrected chi connectivity index (χ0v) is 7.24. The van der Waals surface area contributed by atoms with Gasteiger partial charge in [-0.25, -0.2) is 0 Å². The Morgan fingerprint density at radius 2 is 2.00 bits per heavy atom. The van der Waals surface area contributed by atoms with Gasteiger partial charge in [0.2, 0.25) is 0 Å². The summed E-state index contributed by atoms with van der Waals surface area (Å²) in [7, 11) is 0. The van der Waals surface area contributed by atoms with Gasteiger partial charge in [0.15, 0.2) is 0 Å². The summed E-state index contributed by atoms with van der Waals surface area (Å²) < 4.78 is 0. The van der Waals surface area contributed by atoms with Crippen LogP contribution in [0.2, 0.25) is 0 Å². The number of aliphatic hydroxyl groups is 1. The highest BCUT2D eigenvalue weighted by Crippen LogP contribution is 2.13. The Bertz CT molecular complexity index is 63.9. The van der Waals surface area contributed by atoms with Gasteiger partial charge in [0.25, 0.3) is 0 Å². The van der Waals surface area contributed by atoms with E-state index >= 15 is 0 Å². The van der Waals surface area contributed by atoms with Crippen molar-refractivity contribution in [1.29, 1.82) is 0 Å². The fourth-order valence-electron chi connectivity index (χ4n) is 0.421. The van der Waals surface area contributed by atoms with Gasteiger partial charge >= 0.3 is 0 Å². The van der Waals surface area contributed by atoms with E-state index in [1.54, 1.807) is 0 Å². The summed E-state index contributed by atoms with van der Waals surface area (Å²) in [6, 6.07) is 0. The molecule has 0 bridgehead atoms. The molecule has 2 unspecified atom stereocenters. The Hall–Kier alpha value is 0.310. The first-order chi connectivity index (χ1) is 4.16. The number of rotatable bonds is 4. The highest BCUT2D eigenvalue weighted by atomic mass is 32.2. The average Bonchev–Trinajstić information content (AvgIpc) is 1.83. The summed E-state index contributed by atoms with van der Waals surface area (Å²) in [5.74, 6) is 0.870. The average molecular weight is 148 g/mol. The fraction of sp³-hybridized carbons (Fsp3) is 1.00. The minimum atomic E-state index is -0.149. The zero-order chi connectivity index (χ0) is 7.28. The van der Waals surface area contributed by atoms with Crippen LogP contribution in [0.1, 0.15) is 27.2 Å². The first-order valence-electron chi connectivity index (χ1n) is 3.46. The third-order valence-corrected chi connectivity index (χ3v) is 2.77. The summed E-state index contributed by atoms with van der Waals surface area (Å²) in [6.07, 6.45) is 1.04. The maximum Gasteiger partial charge on any atom is 0.0602 e. The summed E-state index contributed by atoms with van der Waals surface area (Å²) >= 11 is 1.83. The molecule has 0 saturated heterocycles. The first-order valence-corrected chi connectivity index (χ1v) is 4.51. The standard InChI is InChI=1S/C7H16OS/c1-4-7(3)9-5-6(2)8/h6-8H,4-5H2,1-3H3. The van der Waals surface area contributed by atoms with Crippen LogP contribution in [-0.4, -0.2) is 22.2 Å². The van der Waals surface area contributed by atoms with Gasteiger partial charge in [-0.1, -0.05) is 13.8 Å². The Kier molecular flexibility index (Phi) is 5.30. The molecule has 0 saturated carbocycles. The van der Waals surface area contributed by atoms with Gasteiger partial charge in [0.05, 0.1) is 6.10 Å². The molecule has 1 N–H and O–H groups in total. The molecule has 0 aliphatic heterocycles. The molecule has 0 rings (SSSR count). The Labute approximate surface area is 61.8 Å². The third-order valence-electron chi connectivity index (χ3n) is 1.20. The van der Waals surface area contributed by atoms with E-state index in [1.807, 2.05) is 18.7 Å². The monoisotopic (exact) mass is 148 g/mol. The van der Waals surface area contributed by atoms with Gasteiger partial charge in [0, 0.05) is 11.0 Å². The lowest BCUT2D eigenvalue weighted by Gasteiger charge is -2.08. The molecule has 2 heteroatoms. The summed E-state index contributed by atoms with van der Waals surface area (Å²) in [5.41, 5.74) is 0. The van der Waals surface area contributed by atoms with Gasteiger partial charge in [-0.05, 0) is 13.3 Å². The minimum Gasteiger partial charge on any atom is -0.393 e. The molecule has 56 valence electrons. The fourth-order valence-corrected chi connectivity index (χ4v) is 1.26. The molecule has 2 atom stereocenters. The molecule has 0 aliphatic carbocycles. The van der Waals surface area contributed by atoms with Gasteiger partial charge in [0.1, 0.15) is 0 Å². The Morgan fingerprint density at radius 1 is 1.44 bits per heavy atom. The van der Waals surface area contributed by atoms with Gasteiger partial charge in [-0.15, -0.1) is 0 Å². The van der Waals surface area contributed by atoms with Crippen molar-refractivity contribution in [2.45, 2.75) is 38.5 Å². The van der Waals surface area contributed by atoms with Crippen LogP contribution < -0.4 is 0 Å². The molecular weight excluding hydrogens is 132 g/mol. The second-order valence-corrected chi connectivity index (χ2v) is 3.87. The number of hydrogen-bond donors (Lipinski definition) is 1. The van der Waals surface area contributed by atoms with Crippen molar-refractivity contribution in [3.63, 3.8) is 0 Å². The Morgan fingerprint density at radius 3 is 2.33 bits per heavy atom. The molecule has 0 aromatic rings. The van der Waals surface area contributed by atoms with E-state index < -0.39 is 0 Å². The van der Waals surface area contributed by atoms with Crippen LogP contribution in [0.5, 0.6) is 0 Å². The highest BCUT2D eigenvalue weighted by Gasteiger charge is 2.00. The first kappa shape index (κ1) is 9.31. The van der Waals surface area contributed by atoms with Crippen molar-refractivity contribution in [2.75, 3.05) is 5.75 Å². The Balaban J connectivity index is 3.06. The minimum absolute atomic E-state index is 0.149. The maximum absolute atomic E-state index is 8.88. The van der Waals surface area contributed by atoms with Crippen LogP contribution in [0.25, 0.3) is 0 Å². The van der Waals surface area contributed by atoms with Crippen molar-refractivity contribution in [1.82, 2.24) is 0 Å². The van der Waals surface area contributed by atoms with E-state index in [4.69, 9.17) is 5.11 Å². The van der Waals surface area contributed by atoms with E-state index in [-0.39, 0.29) is 6.10 Å². The second-order valence-electron chi connectivity index (χ2n) is 2.40. The predicted molar refractivity (Wildman–Crippen MR) is 43.9 cm³/mol. The lowest BCUT2D eigenvalue weighted by atomic mass is 10.4. The smallest absolute Gasteiger partial charge is 0.0602 e. The van der Waals surface area contributed by atoms with E-state index in [0.717, 1.165) is 5.75 Å². The van der Waals surface area contributed by atoms with Crippen LogP contribution in [0, 0.1) is 0 Å². The van der Waals surface area contributed by atoms with Gasteiger partial charge in [-0.3, -0.25) is 0 Å². The molecule has 1 nitrogen and oxygen atoms in total. The van der Waals surface area contributed by atoms with E-state index in [1.165, 1.54) is 6.42 Å². The molecule has 0 aromatic heterocycles. The SMILES string of the molecule is CCC(C)SCC(C)O. The number of aliphatic hydroxyl groups excluding tert-OH is 1. The second kappa shape index (κ2) is 5.12. The molecule has 0 aliphatic rings. The van der Waals surface area contributed by atoms with E-state index in [0.29, 0.717) is 5.25 Å². The molecular formula is C7H16OS. The zero-order valence-electron chi connectivity index (χ0n) is 6.42. The maximum atomic E-state index is 8.88. The molecule has 0 spiro atoms. The van der Waals surface area contributed by atoms with Crippen molar-refractivity contribution < 1.29 is 5.11 Å². The summed E-state index contributed by atoms with van der Waals surface area (Å²) in [6.45, 7) is 6.18. The quantitative estimate of drug-likeness (QED) is 0.657. The van der Waals surface area contributed by atoms with E-state index in [9.17, 15) is 0 Å². The lowest BCUT2D eigenvalue weighted by Crippen LogP contribution is -2.06. The molecule has 0 heterocycles. The molecule has 0 fully saturated rings. The lowest BCUT2D eigenvalue weighted by molar-refractivity contribution is 0.220. The number of thioether (sulfide) groups is 1. The normalized spacial score (nSPS) is 17.3. The topological polar surface area (TPSA) is 20.2 Å². The summed E-state index contributed by atoms with van der Waals surface area (Å²) in [4.78, 5) is 0. The number of hydrogen-bond acceptors (Lipinski definition) is 2. The van der Waals surface area contributed by atoms with Gasteiger partial charge in [-0.2, -0.15) is 11.8 Å². The van der Waals surface area contributed by atoms with Crippen LogP contribution in [0.15, 0.2) is 0 Å². The van der Waals surface area contributed by atoms with Crippen LogP contribution >= 0.6 is 11.8 Å². The van der Waals surface area contributed by atoms with Crippen molar-refractivity contribution in [3.8, 4) is 0 Å². The molecule has 9 heavy (non-hydrogen) atoms. The van der Waals surface area contributed by atoms with Crippen molar-refractivity contribution in [3.05, 3.63) is 0 Å². The largest absolute Gasteiger partial charge is 0.393 e. The van der Waals surface area contributed by atoms with Crippen LogP contribution in [0.4, 0.5) is 0 Å². The molecule has 0 aromatic carbocycles. The highest BCUT2D eigenvalue weighted by molar-refractivity contribution is 7.99. The molecule has 0 amide bonds.